The van der Waals surface area contributed by atoms with E-state index in [0.29, 0.717) is 11.6 Å². The molecule has 4 nitrogen and oxygen atoms in total. The molecule has 21 heavy (non-hydrogen) atoms. The Kier molecular flexibility index (Phi) is 4.26. The summed E-state index contributed by atoms with van der Waals surface area (Å²) in [6.07, 6.45) is 2.34. The number of hydrogen-bond acceptors (Lipinski definition) is 3. The van der Waals surface area contributed by atoms with Crippen LogP contribution in [0.4, 0.5) is 0 Å². The second-order valence-corrected chi connectivity index (χ2v) is 5.55. The maximum Gasteiger partial charge on any atom is 0.337 e. The number of ether oxygens (including phenoxy) is 1. The van der Waals surface area contributed by atoms with E-state index in [0.717, 1.165) is 6.42 Å². The largest absolute Gasteiger partial charge is 0.478 e. The van der Waals surface area contributed by atoms with Crippen molar-refractivity contribution in [3.63, 3.8) is 0 Å². The highest BCUT2D eigenvalue weighted by Crippen LogP contribution is 2.29. The van der Waals surface area contributed by atoms with Gasteiger partial charge in [-0.2, -0.15) is 0 Å². The number of carbonyl (C=O) groups is 1. The van der Waals surface area contributed by atoms with Gasteiger partial charge < -0.3 is 9.84 Å². The van der Waals surface area contributed by atoms with Crippen LogP contribution in [0.1, 0.15) is 43.1 Å². The molecule has 2 aromatic rings. The predicted octanol–water partition coefficient (Wildman–Crippen LogP) is 4.26. The smallest absolute Gasteiger partial charge is 0.337 e. The van der Waals surface area contributed by atoms with Crippen LogP contribution in [0.5, 0.6) is 11.6 Å². The van der Waals surface area contributed by atoms with Gasteiger partial charge in [0.15, 0.2) is 0 Å². The van der Waals surface area contributed by atoms with Gasteiger partial charge in [-0.3, -0.25) is 0 Å². The van der Waals surface area contributed by atoms with E-state index in [1.807, 2.05) is 24.3 Å². The van der Waals surface area contributed by atoms with Gasteiger partial charge in [0.05, 0.1) is 5.56 Å². The standard InChI is InChI=1S/C17H19NO3/c1-4-17(2,3)13-6-8-14(9-7-13)21-15-10-5-12(11-18-15)16(19)20/h5-11H,4H2,1-3H3,(H,19,20). The van der Waals surface area contributed by atoms with E-state index in [1.54, 1.807) is 6.07 Å². The molecule has 0 amide bonds. The quantitative estimate of drug-likeness (QED) is 0.891. The fourth-order valence-corrected chi connectivity index (χ4v) is 1.87. The minimum Gasteiger partial charge on any atom is -0.478 e. The van der Waals surface area contributed by atoms with E-state index in [9.17, 15) is 4.79 Å². The molecule has 0 radical (unpaired) electrons. The fraction of sp³-hybridized carbons (Fsp3) is 0.294. The van der Waals surface area contributed by atoms with Gasteiger partial charge in [0.2, 0.25) is 5.88 Å². The molecule has 0 aliphatic heterocycles. The molecule has 0 bridgehead atoms. The Morgan fingerprint density at radius 1 is 1.19 bits per heavy atom. The maximum atomic E-state index is 10.7. The number of rotatable bonds is 5. The highest BCUT2D eigenvalue weighted by atomic mass is 16.5. The summed E-state index contributed by atoms with van der Waals surface area (Å²) in [6, 6.07) is 10.9. The number of hydrogen-bond donors (Lipinski definition) is 1. The normalized spacial score (nSPS) is 11.2. The lowest BCUT2D eigenvalue weighted by atomic mass is 9.82. The third kappa shape index (κ3) is 3.60. The molecule has 0 unspecified atom stereocenters. The molecule has 0 atom stereocenters. The first kappa shape index (κ1) is 15.0. The van der Waals surface area contributed by atoms with Crippen molar-refractivity contribution in [2.45, 2.75) is 32.6 Å². The van der Waals surface area contributed by atoms with Gasteiger partial charge >= 0.3 is 5.97 Å². The summed E-state index contributed by atoms with van der Waals surface area (Å²) in [4.78, 5) is 14.7. The van der Waals surface area contributed by atoms with Crippen molar-refractivity contribution < 1.29 is 14.6 Å². The summed E-state index contributed by atoms with van der Waals surface area (Å²) in [5.41, 5.74) is 1.54. The Morgan fingerprint density at radius 2 is 1.86 bits per heavy atom. The molecule has 110 valence electrons. The number of carboxylic acids is 1. The topological polar surface area (TPSA) is 59.4 Å². The molecule has 1 heterocycles. The zero-order valence-electron chi connectivity index (χ0n) is 12.5. The van der Waals surface area contributed by atoms with Gasteiger partial charge in [-0.1, -0.05) is 32.9 Å². The van der Waals surface area contributed by atoms with Crippen LogP contribution >= 0.6 is 0 Å². The number of pyridine rings is 1. The van der Waals surface area contributed by atoms with Crippen molar-refractivity contribution in [3.8, 4) is 11.6 Å². The van der Waals surface area contributed by atoms with Crippen LogP contribution in [0.15, 0.2) is 42.6 Å². The molecule has 0 aliphatic carbocycles. The molecule has 0 fully saturated rings. The highest BCUT2D eigenvalue weighted by molar-refractivity contribution is 5.87. The number of aromatic nitrogens is 1. The molecule has 0 aliphatic rings. The van der Waals surface area contributed by atoms with Crippen LogP contribution in [0.3, 0.4) is 0 Å². The van der Waals surface area contributed by atoms with Gasteiger partial charge in [-0.05, 0) is 35.6 Å². The van der Waals surface area contributed by atoms with Gasteiger partial charge in [-0.15, -0.1) is 0 Å². The van der Waals surface area contributed by atoms with E-state index in [2.05, 4.69) is 25.8 Å². The van der Waals surface area contributed by atoms with Crippen molar-refractivity contribution in [1.82, 2.24) is 4.98 Å². The van der Waals surface area contributed by atoms with E-state index >= 15 is 0 Å². The molecule has 1 aromatic heterocycles. The van der Waals surface area contributed by atoms with Crippen LogP contribution in [-0.2, 0) is 5.41 Å². The summed E-state index contributed by atoms with van der Waals surface area (Å²) in [6.45, 7) is 6.57. The van der Waals surface area contributed by atoms with E-state index in [-0.39, 0.29) is 11.0 Å². The molecule has 1 N–H and O–H groups in total. The molecule has 1 aromatic carbocycles. The molecular weight excluding hydrogens is 266 g/mol. The molecule has 2 rings (SSSR count). The molecule has 0 saturated heterocycles. The summed E-state index contributed by atoms with van der Waals surface area (Å²) >= 11 is 0. The first-order chi connectivity index (χ1) is 9.92. The first-order valence-electron chi connectivity index (χ1n) is 6.90. The van der Waals surface area contributed by atoms with Gasteiger partial charge in [-0.25, -0.2) is 9.78 Å². The van der Waals surface area contributed by atoms with Gasteiger partial charge in [0.25, 0.3) is 0 Å². The van der Waals surface area contributed by atoms with Crippen molar-refractivity contribution in [3.05, 3.63) is 53.7 Å². The van der Waals surface area contributed by atoms with Crippen LogP contribution in [0, 0.1) is 0 Å². The summed E-state index contributed by atoms with van der Waals surface area (Å²) in [5.74, 6) is 0.0592. The maximum absolute atomic E-state index is 10.7. The number of carboxylic acid groups (broad SMARTS) is 1. The van der Waals surface area contributed by atoms with Gasteiger partial charge in [0, 0.05) is 12.3 Å². The van der Waals surface area contributed by atoms with E-state index in [4.69, 9.17) is 9.84 Å². The lowest BCUT2D eigenvalue weighted by Gasteiger charge is -2.23. The lowest BCUT2D eigenvalue weighted by Crippen LogP contribution is -2.14. The number of aromatic carboxylic acids is 1. The van der Waals surface area contributed by atoms with Crippen LogP contribution < -0.4 is 4.74 Å². The average molecular weight is 285 g/mol. The summed E-state index contributed by atoms with van der Waals surface area (Å²) in [7, 11) is 0. The minimum absolute atomic E-state index is 0.139. The van der Waals surface area contributed by atoms with Crippen molar-refractivity contribution in [2.75, 3.05) is 0 Å². The average Bonchev–Trinajstić information content (AvgIpc) is 2.48. The third-order valence-corrected chi connectivity index (χ3v) is 3.73. The van der Waals surface area contributed by atoms with E-state index < -0.39 is 5.97 Å². The van der Waals surface area contributed by atoms with Crippen LogP contribution in [0.25, 0.3) is 0 Å². The predicted molar refractivity (Wildman–Crippen MR) is 81.0 cm³/mol. The first-order valence-corrected chi connectivity index (χ1v) is 6.90. The second kappa shape index (κ2) is 5.95. The molecule has 0 spiro atoms. The number of nitrogens with zero attached hydrogens (tertiary/aromatic N) is 1. The Morgan fingerprint density at radius 3 is 2.33 bits per heavy atom. The Balaban J connectivity index is 2.11. The molecule has 4 heteroatoms. The summed E-state index contributed by atoms with van der Waals surface area (Å²) < 4.78 is 5.61. The highest BCUT2D eigenvalue weighted by Gasteiger charge is 2.17. The van der Waals surface area contributed by atoms with Crippen LogP contribution in [0.2, 0.25) is 0 Å². The fourth-order valence-electron chi connectivity index (χ4n) is 1.87. The zero-order chi connectivity index (χ0) is 15.5. The van der Waals surface area contributed by atoms with Crippen molar-refractivity contribution in [1.29, 1.82) is 0 Å². The summed E-state index contributed by atoms with van der Waals surface area (Å²) in [5, 5.41) is 8.81. The third-order valence-electron chi connectivity index (χ3n) is 3.73. The Labute approximate surface area is 124 Å². The minimum atomic E-state index is -1.000. The van der Waals surface area contributed by atoms with Crippen molar-refractivity contribution in [2.24, 2.45) is 0 Å². The zero-order valence-corrected chi connectivity index (χ0v) is 12.5. The number of benzene rings is 1. The Hall–Kier alpha value is -2.36. The monoisotopic (exact) mass is 285 g/mol. The second-order valence-electron chi connectivity index (χ2n) is 5.55. The lowest BCUT2D eigenvalue weighted by molar-refractivity contribution is 0.0696. The van der Waals surface area contributed by atoms with Crippen LogP contribution in [-0.4, -0.2) is 16.1 Å². The van der Waals surface area contributed by atoms with E-state index in [1.165, 1.54) is 17.8 Å². The molecule has 0 saturated carbocycles. The van der Waals surface area contributed by atoms with Crippen molar-refractivity contribution >= 4 is 5.97 Å². The molecular formula is C17H19NO3. The Bertz CT molecular complexity index is 615. The van der Waals surface area contributed by atoms with Gasteiger partial charge in [0.1, 0.15) is 5.75 Å². The SMILES string of the molecule is CCC(C)(C)c1ccc(Oc2ccc(C(=O)O)cn2)cc1.